The molecule has 9 heteroatoms. The summed E-state index contributed by atoms with van der Waals surface area (Å²) >= 11 is 6.41. The van der Waals surface area contributed by atoms with Crippen molar-refractivity contribution in [3.8, 4) is 0 Å². The molecule has 2 N–H and O–H groups in total. The zero-order chi connectivity index (χ0) is 17.5. The summed E-state index contributed by atoms with van der Waals surface area (Å²) in [4.78, 5) is 0. The first-order valence-electron chi connectivity index (χ1n) is 7.38. The average Bonchev–Trinajstić information content (AvgIpc) is 2.52. The van der Waals surface area contributed by atoms with Crippen LogP contribution in [0.2, 0.25) is 0 Å². The molecule has 0 aromatic heterocycles. The molecule has 0 radical (unpaired) electrons. The zero-order valence-electron chi connectivity index (χ0n) is 13.9. The van der Waals surface area contributed by atoms with Crippen LogP contribution in [0.1, 0.15) is 27.7 Å². The maximum atomic E-state index is 8.76. The van der Waals surface area contributed by atoms with Crippen molar-refractivity contribution in [3.63, 3.8) is 0 Å². The molecule has 0 saturated carbocycles. The molecule has 0 saturated heterocycles. The average molecular weight is 470 g/mol. The van der Waals surface area contributed by atoms with Gasteiger partial charge in [0.25, 0.3) is 0 Å². The Morgan fingerprint density at radius 1 is 0.727 bits per heavy atom. The van der Waals surface area contributed by atoms with Crippen molar-refractivity contribution in [2.45, 2.75) is 27.7 Å². The van der Waals surface area contributed by atoms with Crippen LogP contribution in [0.5, 0.6) is 0 Å². The number of aliphatic hydroxyl groups excluding tert-OH is 2. The number of rotatable bonds is 12. The van der Waals surface area contributed by atoms with Gasteiger partial charge >= 0.3 is 9.05 Å². The molecular formula is C13H30Br2O6Si. The Morgan fingerprint density at radius 2 is 1.00 bits per heavy atom. The van der Waals surface area contributed by atoms with Gasteiger partial charge in [0.2, 0.25) is 0 Å². The highest BCUT2D eigenvalue weighted by Crippen LogP contribution is 2.21. The quantitative estimate of drug-likeness (QED) is 0.337. The van der Waals surface area contributed by atoms with Crippen LogP contribution in [0.4, 0.5) is 0 Å². The van der Waals surface area contributed by atoms with Gasteiger partial charge in [0, 0.05) is 42.5 Å². The summed E-state index contributed by atoms with van der Waals surface area (Å²) in [6.45, 7) is 9.80. The summed E-state index contributed by atoms with van der Waals surface area (Å²) in [5, 5.41) is 18.7. The van der Waals surface area contributed by atoms with E-state index >= 15 is 0 Å². The van der Waals surface area contributed by atoms with E-state index in [1.165, 1.54) is 0 Å². The standard InChI is InChI=1S/C8H20O4Si.C5H10Br2O2/c1-5-9-13(10-6-2,11-7-3)12-8-4;6-1-5(2-7,3-8)4-9/h5-8H2,1-4H3;8-9H,1-4H2. The normalized spacial score (nSPS) is 12.0. The molecule has 0 aromatic carbocycles. The number of halogens is 2. The van der Waals surface area contributed by atoms with Gasteiger partial charge in [-0.05, 0) is 27.7 Å². The molecule has 0 unspecified atom stereocenters. The zero-order valence-corrected chi connectivity index (χ0v) is 18.1. The lowest BCUT2D eigenvalue weighted by molar-refractivity contribution is -0.0247. The van der Waals surface area contributed by atoms with Crippen LogP contribution in [0.25, 0.3) is 0 Å². The summed E-state index contributed by atoms with van der Waals surface area (Å²) in [6.07, 6.45) is 0. The van der Waals surface area contributed by atoms with E-state index in [-0.39, 0.29) is 18.6 Å². The van der Waals surface area contributed by atoms with Crippen LogP contribution in [0, 0.1) is 5.41 Å². The van der Waals surface area contributed by atoms with Gasteiger partial charge in [0.05, 0.1) is 13.2 Å². The van der Waals surface area contributed by atoms with Crippen LogP contribution in [0.15, 0.2) is 0 Å². The molecule has 22 heavy (non-hydrogen) atoms. The summed E-state index contributed by atoms with van der Waals surface area (Å²) in [6, 6.07) is 0. The Balaban J connectivity index is 0. The van der Waals surface area contributed by atoms with Crippen molar-refractivity contribution < 1.29 is 27.9 Å². The Bertz CT molecular complexity index is 198. The van der Waals surface area contributed by atoms with Crippen molar-refractivity contribution in [2.75, 3.05) is 50.3 Å². The van der Waals surface area contributed by atoms with Crippen molar-refractivity contribution in [2.24, 2.45) is 5.41 Å². The van der Waals surface area contributed by atoms with Gasteiger partial charge < -0.3 is 27.9 Å². The van der Waals surface area contributed by atoms with Gasteiger partial charge in [-0.3, -0.25) is 0 Å². The molecule has 0 atom stereocenters. The second-order valence-electron chi connectivity index (χ2n) is 4.32. The number of aliphatic hydroxyl groups is 2. The number of alkyl halides is 2. The summed E-state index contributed by atoms with van der Waals surface area (Å²) in [7, 11) is -2.80. The highest BCUT2D eigenvalue weighted by Gasteiger charge is 2.44. The van der Waals surface area contributed by atoms with Gasteiger partial charge in [0.1, 0.15) is 0 Å². The van der Waals surface area contributed by atoms with E-state index in [0.29, 0.717) is 37.1 Å². The van der Waals surface area contributed by atoms with Gasteiger partial charge in [0.15, 0.2) is 0 Å². The van der Waals surface area contributed by atoms with E-state index in [0.717, 1.165) is 0 Å². The molecule has 0 amide bonds. The maximum absolute atomic E-state index is 8.76. The molecule has 0 fully saturated rings. The van der Waals surface area contributed by atoms with E-state index in [1.807, 2.05) is 27.7 Å². The first-order valence-corrected chi connectivity index (χ1v) is 11.3. The SMILES string of the molecule is CCO[Si](OCC)(OCC)OCC.OCC(CO)(CBr)CBr. The third-order valence-electron chi connectivity index (χ3n) is 2.52. The number of hydrogen-bond acceptors (Lipinski definition) is 6. The molecule has 0 rings (SSSR count). The van der Waals surface area contributed by atoms with Crippen LogP contribution < -0.4 is 0 Å². The second kappa shape index (κ2) is 15.5. The van der Waals surface area contributed by atoms with E-state index < -0.39 is 9.05 Å². The molecule has 0 aliphatic rings. The van der Waals surface area contributed by atoms with Gasteiger partial charge in [-0.1, -0.05) is 31.9 Å². The van der Waals surface area contributed by atoms with Crippen LogP contribution in [0.3, 0.4) is 0 Å². The Morgan fingerprint density at radius 3 is 1.09 bits per heavy atom. The van der Waals surface area contributed by atoms with E-state index in [9.17, 15) is 0 Å². The van der Waals surface area contributed by atoms with Gasteiger partial charge in [-0.25, -0.2) is 0 Å². The maximum Gasteiger partial charge on any atom is 0.679 e. The Hall–Kier alpha value is 0.937. The molecule has 0 bridgehead atoms. The van der Waals surface area contributed by atoms with E-state index in [4.69, 9.17) is 27.9 Å². The number of hydrogen-bond donors (Lipinski definition) is 2. The highest BCUT2D eigenvalue weighted by atomic mass is 79.9. The van der Waals surface area contributed by atoms with Crippen molar-refractivity contribution in [1.29, 1.82) is 0 Å². The van der Waals surface area contributed by atoms with Crippen LogP contribution in [-0.4, -0.2) is 69.6 Å². The predicted octanol–water partition coefficient (Wildman–Crippen LogP) is 2.32. The topological polar surface area (TPSA) is 77.4 Å². The fourth-order valence-corrected chi connectivity index (χ4v) is 4.76. The first-order chi connectivity index (χ1) is 10.5. The molecule has 136 valence electrons. The fourth-order valence-electron chi connectivity index (χ4n) is 1.21. The minimum Gasteiger partial charge on any atom is -0.396 e. The van der Waals surface area contributed by atoms with Crippen molar-refractivity contribution in [1.82, 2.24) is 0 Å². The largest absolute Gasteiger partial charge is 0.679 e. The van der Waals surface area contributed by atoms with Crippen molar-refractivity contribution in [3.05, 3.63) is 0 Å². The minimum absolute atomic E-state index is 0. The lowest BCUT2D eigenvalue weighted by Crippen LogP contribution is -2.49. The monoisotopic (exact) mass is 468 g/mol. The molecule has 0 aliphatic carbocycles. The molecule has 0 spiro atoms. The molecule has 6 nitrogen and oxygen atoms in total. The Labute approximate surface area is 152 Å². The van der Waals surface area contributed by atoms with Crippen LogP contribution >= 0.6 is 31.9 Å². The summed E-state index contributed by atoms with van der Waals surface area (Å²) < 4.78 is 21.7. The molecular weight excluding hydrogens is 440 g/mol. The summed E-state index contributed by atoms with van der Waals surface area (Å²) in [5.41, 5.74) is -0.389. The first kappa shape index (κ1) is 25.2. The Kier molecular flexibility index (Phi) is 17.7. The molecule has 0 aromatic rings. The predicted molar refractivity (Wildman–Crippen MR) is 96.5 cm³/mol. The van der Waals surface area contributed by atoms with Crippen LogP contribution in [-0.2, 0) is 17.7 Å². The lowest BCUT2D eigenvalue weighted by atomic mass is 9.97. The molecule has 0 heterocycles. The van der Waals surface area contributed by atoms with Gasteiger partial charge in [-0.2, -0.15) is 0 Å². The minimum atomic E-state index is -2.80. The highest BCUT2D eigenvalue weighted by molar-refractivity contribution is 9.09. The third kappa shape index (κ3) is 9.94. The second-order valence-corrected chi connectivity index (χ2v) is 7.59. The molecule has 0 aliphatic heterocycles. The lowest BCUT2D eigenvalue weighted by Gasteiger charge is -2.26. The van der Waals surface area contributed by atoms with E-state index in [1.54, 1.807) is 0 Å². The fraction of sp³-hybridized carbons (Fsp3) is 1.00. The third-order valence-corrected chi connectivity index (χ3v) is 7.47. The van der Waals surface area contributed by atoms with Crippen molar-refractivity contribution >= 4 is 40.9 Å². The summed E-state index contributed by atoms with van der Waals surface area (Å²) in [5.74, 6) is 0. The smallest absolute Gasteiger partial charge is 0.396 e. The van der Waals surface area contributed by atoms with E-state index in [2.05, 4.69) is 31.9 Å². The van der Waals surface area contributed by atoms with Gasteiger partial charge in [-0.15, -0.1) is 0 Å².